The summed E-state index contributed by atoms with van der Waals surface area (Å²) in [4.78, 5) is 15.0. The van der Waals surface area contributed by atoms with Crippen molar-refractivity contribution in [3.63, 3.8) is 0 Å². The van der Waals surface area contributed by atoms with E-state index >= 15 is 0 Å². The van der Waals surface area contributed by atoms with Gasteiger partial charge >= 0.3 is 0 Å². The molecule has 0 radical (unpaired) electrons. The number of fused-ring (bicyclic) bond motifs is 1. The van der Waals surface area contributed by atoms with E-state index < -0.39 is 0 Å². The highest BCUT2D eigenvalue weighted by Gasteiger charge is 2.35. The van der Waals surface area contributed by atoms with Gasteiger partial charge in [-0.2, -0.15) is 0 Å². The van der Waals surface area contributed by atoms with Crippen molar-refractivity contribution >= 4 is 11.5 Å². The van der Waals surface area contributed by atoms with Crippen LogP contribution in [0.1, 0.15) is 36.2 Å². The molecule has 2 rings (SSSR count). The highest BCUT2D eigenvalue weighted by molar-refractivity contribution is 6.02. The maximum Gasteiger partial charge on any atom is 0.187 e. The minimum atomic E-state index is -0.104. The summed E-state index contributed by atoms with van der Waals surface area (Å²) >= 11 is 0. The van der Waals surface area contributed by atoms with Gasteiger partial charge in [-0.25, -0.2) is 4.85 Å². The second-order valence-corrected chi connectivity index (χ2v) is 4.33. The molecule has 0 amide bonds. The van der Waals surface area contributed by atoms with Crippen molar-refractivity contribution in [3.8, 4) is 0 Å². The molecule has 0 saturated heterocycles. The van der Waals surface area contributed by atoms with E-state index in [-0.39, 0.29) is 11.2 Å². The first-order valence-corrected chi connectivity index (χ1v) is 4.60. The highest BCUT2D eigenvalue weighted by atomic mass is 16.1. The Labute approximate surface area is 83.4 Å². The van der Waals surface area contributed by atoms with Crippen LogP contribution in [0.25, 0.3) is 4.85 Å². The number of carbonyl (C=O) groups excluding carboxylic acids is 1. The van der Waals surface area contributed by atoms with Gasteiger partial charge in [0, 0.05) is 12.0 Å². The Morgan fingerprint density at radius 2 is 2.14 bits per heavy atom. The molecule has 0 bridgehead atoms. The van der Waals surface area contributed by atoms with Gasteiger partial charge in [0.15, 0.2) is 11.5 Å². The summed E-state index contributed by atoms with van der Waals surface area (Å²) in [7, 11) is 0. The number of benzene rings is 1. The Kier molecular flexibility index (Phi) is 1.72. The van der Waals surface area contributed by atoms with E-state index in [4.69, 9.17) is 6.57 Å². The molecule has 0 saturated carbocycles. The van der Waals surface area contributed by atoms with Gasteiger partial charge < -0.3 is 0 Å². The topological polar surface area (TPSA) is 21.4 Å². The first-order chi connectivity index (χ1) is 6.54. The smallest absolute Gasteiger partial charge is 0.187 e. The summed E-state index contributed by atoms with van der Waals surface area (Å²) in [5.74, 6) is 0.196. The normalized spacial score (nSPS) is 17.6. The Morgan fingerprint density at radius 1 is 1.43 bits per heavy atom. The van der Waals surface area contributed by atoms with Crippen molar-refractivity contribution in [1.29, 1.82) is 0 Å². The molecule has 1 aromatic rings. The van der Waals surface area contributed by atoms with Crippen LogP contribution in [0.4, 0.5) is 5.69 Å². The molecule has 0 N–H and O–H groups in total. The fourth-order valence-electron chi connectivity index (χ4n) is 2.00. The largest absolute Gasteiger partial charge is 0.294 e. The SMILES string of the molecule is [C-]#[N+]c1ccc2c(c1)C(C)(C)CC2=O. The average Bonchev–Trinajstić information content (AvgIpc) is 2.37. The van der Waals surface area contributed by atoms with E-state index in [1.165, 1.54) is 0 Å². The van der Waals surface area contributed by atoms with Gasteiger partial charge in [0.2, 0.25) is 0 Å². The molecule has 0 spiro atoms. The lowest BCUT2D eigenvalue weighted by molar-refractivity contribution is 0.0979. The van der Waals surface area contributed by atoms with Gasteiger partial charge in [-0.3, -0.25) is 4.79 Å². The van der Waals surface area contributed by atoms with Crippen LogP contribution in [0.2, 0.25) is 0 Å². The van der Waals surface area contributed by atoms with Crippen LogP contribution in [0.3, 0.4) is 0 Å². The summed E-state index contributed by atoms with van der Waals surface area (Å²) in [5, 5.41) is 0. The monoisotopic (exact) mass is 185 g/mol. The number of hydrogen-bond acceptors (Lipinski definition) is 1. The predicted molar refractivity (Wildman–Crippen MR) is 54.7 cm³/mol. The van der Waals surface area contributed by atoms with Crippen LogP contribution in [0.15, 0.2) is 18.2 Å². The molecule has 1 aromatic carbocycles. The molecular formula is C12H11NO. The third kappa shape index (κ3) is 1.13. The zero-order valence-corrected chi connectivity index (χ0v) is 8.29. The van der Waals surface area contributed by atoms with Crippen LogP contribution in [-0.4, -0.2) is 5.78 Å². The average molecular weight is 185 g/mol. The van der Waals surface area contributed by atoms with E-state index in [0.29, 0.717) is 12.1 Å². The third-order valence-electron chi connectivity index (χ3n) is 2.76. The maximum atomic E-state index is 11.6. The summed E-state index contributed by atoms with van der Waals surface area (Å²) in [6, 6.07) is 5.33. The van der Waals surface area contributed by atoms with Gasteiger partial charge in [0.25, 0.3) is 0 Å². The van der Waals surface area contributed by atoms with Crippen LogP contribution in [0.5, 0.6) is 0 Å². The molecular weight excluding hydrogens is 174 g/mol. The number of hydrogen-bond donors (Lipinski definition) is 0. The van der Waals surface area contributed by atoms with Gasteiger partial charge in [0.1, 0.15) is 0 Å². The van der Waals surface area contributed by atoms with E-state index in [2.05, 4.69) is 4.85 Å². The van der Waals surface area contributed by atoms with Gasteiger partial charge in [-0.15, -0.1) is 0 Å². The van der Waals surface area contributed by atoms with E-state index in [1.807, 2.05) is 19.9 Å². The number of ketones is 1. The molecule has 14 heavy (non-hydrogen) atoms. The molecule has 2 nitrogen and oxygen atoms in total. The second-order valence-electron chi connectivity index (χ2n) is 4.33. The Morgan fingerprint density at radius 3 is 2.79 bits per heavy atom. The molecule has 0 atom stereocenters. The maximum absolute atomic E-state index is 11.6. The van der Waals surface area contributed by atoms with E-state index in [1.54, 1.807) is 12.1 Å². The fraction of sp³-hybridized carbons (Fsp3) is 0.333. The first-order valence-electron chi connectivity index (χ1n) is 4.60. The van der Waals surface area contributed by atoms with Crippen molar-refractivity contribution in [2.45, 2.75) is 25.7 Å². The molecule has 0 heterocycles. The molecule has 0 unspecified atom stereocenters. The molecule has 2 heteroatoms. The quantitative estimate of drug-likeness (QED) is 0.569. The van der Waals surface area contributed by atoms with Gasteiger partial charge in [-0.1, -0.05) is 32.0 Å². The van der Waals surface area contributed by atoms with Crippen LogP contribution < -0.4 is 0 Å². The zero-order valence-electron chi connectivity index (χ0n) is 8.29. The van der Waals surface area contributed by atoms with Gasteiger partial charge in [0.05, 0.1) is 6.57 Å². The van der Waals surface area contributed by atoms with E-state index in [9.17, 15) is 4.79 Å². The van der Waals surface area contributed by atoms with E-state index in [0.717, 1.165) is 11.1 Å². The standard InChI is InChI=1S/C12H11NO/c1-12(2)7-11(14)9-5-4-8(13-3)6-10(9)12/h4-6H,7H2,1-2H3. The minimum Gasteiger partial charge on any atom is -0.294 e. The first kappa shape index (κ1) is 8.96. The lowest BCUT2D eigenvalue weighted by Crippen LogP contribution is -2.12. The highest BCUT2D eigenvalue weighted by Crippen LogP contribution is 2.39. The summed E-state index contributed by atoms with van der Waals surface area (Å²) in [6.45, 7) is 11.0. The predicted octanol–water partition coefficient (Wildman–Crippen LogP) is 3.10. The molecule has 70 valence electrons. The van der Waals surface area contributed by atoms with Crippen molar-refractivity contribution in [2.24, 2.45) is 0 Å². The van der Waals surface area contributed by atoms with Crippen molar-refractivity contribution in [1.82, 2.24) is 0 Å². The van der Waals surface area contributed by atoms with Crippen LogP contribution in [-0.2, 0) is 5.41 Å². The lowest BCUT2D eigenvalue weighted by Gasteiger charge is -2.17. The van der Waals surface area contributed by atoms with Crippen LogP contribution >= 0.6 is 0 Å². The van der Waals surface area contributed by atoms with Gasteiger partial charge in [-0.05, 0) is 11.0 Å². The fourth-order valence-corrected chi connectivity index (χ4v) is 2.00. The molecule has 1 aliphatic carbocycles. The molecule has 0 aromatic heterocycles. The number of nitrogens with zero attached hydrogens (tertiary/aromatic N) is 1. The lowest BCUT2D eigenvalue weighted by atomic mass is 9.86. The molecule has 0 fully saturated rings. The molecule has 1 aliphatic rings. The van der Waals surface area contributed by atoms with Crippen molar-refractivity contribution in [2.75, 3.05) is 0 Å². The Hall–Kier alpha value is -1.62. The van der Waals surface area contributed by atoms with Crippen LogP contribution in [0, 0.1) is 6.57 Å². The van der Waals surface area contributed by atoms with Crippen molar-refractivity contribution < 1.29 is 4.79 Å². The summed E-state index contributed by atoms with van der Waals surface area (Å²) < 4.78 is 0. The number of carbonyl (C=O) groups is 1. The zero-order chi connectivity index (χ0) is 10.3. The summed E-state index contributed by atoms with van der Waals surface area (Å²) in [6.07, 6.45) is 0.559. The van der Waals surface area contributed by atoms with Crippen molar-refractivity contribution in [3.05, 3.63) is 40.7 Å². The summed E-state index contributed by atoms with van der Waals surface area (Å²) in [5.41, 5.74) is 2.33. The Bertz CT molecular complexity index is 452. The number of Topliss-reactive ketones (excluding diaryl/α,β-unsaturated/α-hetero) is 1. The minimum absolute atomic E-state index is 0.104. The Balaban J connectivity index is 2.66. The number of rotatable bonds is 0. The second kappa shape index (κ2) is 2.68. The third-order valence-corrected chi connectivity index (χ3v) is 2.76. The molecule has 0 aliphatic heterocycles.